The van der Waals surface area contributed by atoms with Crippen LogP contribution in [0.2, 0.25) is 0 Å². The van der Waals surface area contributed by atoms with Crippen molar-refractivity contribution in [2.75, 3.05) is 6.61 Å². The van der Waals surface area contributed by atoms with E-state index in [0.29, 0.717) is 6.61 Å². The summed E-state index contributed by atoms with van der Waals surface area (Å²) in [5.74, 6) is 1.69. The molecular formula is C21H18N2O. The number of nitrogens with zero attached hydrogens (tertiary/aromatic N) is 1. The number of nitrogens with one attached hydrogen (secondary N) is 1. The maximum absolute atomic E-state index is 6.03. The van der Waals surface area contributed by atoms with Crippen LogP contribution in [0.15, 0.2) is 78.9 Å². The van der Waals surface area contributed by atoms with E-state index in [1.807, 2.05) is 54.6 Å². The molecule has 0 saturated heterocycles. The van der Waals surface area contributed by atoms with Gasteiger partial charge in [0.2, 0.25) is 0 Å². The molecule has 0 spiro atoms. The van der Waals surface area contributed by atoms with Crippen LogP contribution in [0.4, 0.5) is 0 Å². The van der Waals surface area contributed by atoms with Crippen molar-refractivity contribution in [3.8, 4) is 17.1 Å². The number of benzene rings is 3. The summed E-state index contributed by atoms with van der Waals surface area (Å²) in [5, 5.41) is 0. The number of rotatable bonds is 5. The summed E-state index contributed by atoms with van der Waals surface area (Å²) >= 11 is 0. The van der Waals surface area contributed by atoms with Crippen molar-refractivity contribution in [1.82, 2.24) is 9.97 Å². The van der Waals surface area contributed by atoms with E-state index in [1.165, 1.54) is 5.56 Å². The Bertz CT molecular complexity index is 911. The number of ether oxygens (including phenoxy) is 1. The van der Waals surface area contributed by atoms with E-state index in [2.05, 4.69) is 34.2 Å². The van der Waals surface area contributed by atoms with Crippen LogP contribution in [0, 0.1) is 0 Å². The summed E-state index contributed by atoms with van der Waals surface area (Å²) < 4.78 is 6.03. The first-order valence-corrected chi connectivity index (χ1v) is 8.11. The number of hydrogen-bond acceptors (Lipinski definition) is 2. The summed E-state index contributed by atoms with van der Waals surface area (Å²) in [7, 11) is 0. The molecule has 0 atom stereocenters. The molecule has 118 valence electrons. The largest absolute Gasteiger partial charge is 0.492 e. The number of H-pyrrole nitrogens is 1. The molecule has 0 amide bonds. The molecule has 0 radical (unpaired) electrons. The Kier molecular flexibility index (Phi) is 3.98. The van der Waals surface area contributed by atoms with Crippen molar-refractivity contribution in [3.05, 3.63) is 84.4 Å². The number of aromatic nitrogens is 2. The summed E-state index contributed by atoms with van der Waals surface area (Å²) in [5.41, 5.74) is 4.26. The number of aromatic amines is 1. The summed E-state index contributed by atoms with van der Waals surface area (Å²) in [4.78, 5) is 8.04. The van der Waals surface area contributed by atoms with Crippen molar-refractivity contribution in [1.29, 1.82) is 0 Å². The quantitative estimate of drug-likeness (QED) is 0.572. The molecule has 0 fully saturated rings. The van der Waals surface area contributed by atoms with Crippen molar-refractivity contribution in [2.45, 2.75) is 6.42 Å². The van der Waals surface area contributed by atoms with Crippen LogP contribution in [0.5, 0.6) is 5.75 Å². The van der Waals surface area contributed by atoms with Crippen molar-refractivity contribution < 1.29 is 4.74 Å². The van der Waals surface area contributed by atoms with Gasteiger partial charge in [-0.2, -0.15) is 0 Å². The van der Waals surface area contributed by atoms with E-state index in [0.717, 1.165) is 34.6 Å². The predicted octanol–water partition coefficient (Wildman–Crippen LogP) is 4.85. The Balaban J connectivity index is 1.56. The lowest BCUT2D eigenvalue weighted by atomic mass is 10.1. The van der Waals surface area contributed by atoms with E-state index < -0.39 is 0 Å². The number of imidazole rings is 1. The third kappa shape index (κ3) is 3.01. The van der Waals surface area contributed by atoms with Gasteiger partial charge in [-0.3, -0.25) is 0 Å². The van der Waals surface area contributed by atoms with E-state index >= 15 is 0 Å². The molecule has 24 heavy (non-hydrogen) atoms. The van der Waals surface area contributed by atoms with Crippen molar-refractivity contribution in [3.63, 3.8) is 0 Å². The third-order valence-corrected chi connectivity index (χ3v) is 4.02. The summed E-state index contributed by atoms with van der Waals surface area (Å²) in [6.07, 6.45) is 0.884. The van der Waals surface area contributed by atoms with Gasteiger partial charge >= 0.3 is 0 Å². The SMILES string of the molecule is c1ccc(CCOc2ccccc2-c2nc3ccccc3[nH]2)cc1. The predicted molar refractivity (Wildman–Crippen MR) is 97.2 cm³/mol. The lowest BCUT2D eigenvalue weighted by Gasteiger charge is -2.10. The highest BCUT2D eigenvalue weighted by Crippen LogP contribution is 2.29. The minimum absolute atomic E-state index is 0.640. The first-order valence-electron chi connectivity index (χ1n) is 8.11. The molecule has 0 aliphatic rings. The third-order valence-electron chi connectivity index (χ3n) is 4.02. The number of para-hydroxylation sites is 3. The lowest BCUT2D eigenvalue weighted by molar-refractivity contribution is 0.323. The van der Waals surface area contributed by atoms with E-state index in [9.17, 15) is 0 Å². The average molecular weight is 314 g/mol. The molecule has 3 heteroatoms. The van der Waals surface area contributed by atoms with Gasteiger partial charge in [-0.05, 0) is 29.8 Å². The zero-order chi connectivity index (χ0) is 16.2. The topological polar surface area (TPSA) is 37.9 Å². The summed E-state index contributed by atoms with van der Waals surface area (Å²) in [6.45, 7) is 0.640. The smallest absolute Gasteiger partial charge is 0.142 e. The van der Waals surface area contributed by atoms with Crippen LogP contribution in [0.3, 0.4) is 0 Å². The standard InChI is InChI=1S/C21H18N2O/c1-2-8-16(9-3-1)14-15-24-20-13-7-4-10-17(20)21-22-18-11-5-6-12-19(18)23-21/h1-13H,14-15H2,(H,22,23). The van der Waals surface area contributed by atoms with Gasteiger partial charge in [0.1, 0.15) is 11.6 Å². The first kappa shape index (κ1) is 14.5. The Hall–Kier alpha value is -3.07. The van der Waals surface area contributed by atoms with Gasteiger partial charge in [0.05, 0.1) is 23.2 Å². The van der Waals surface area contributed by atoms with Gasteiger partial charge < -0.3 is 9.72 Å². The molecule has 0 aliphatic heterocycles. The Labute approximate surface area is 140 Å². The van der Waals surface area contributed by atoms with Crippen LogP contribution in [-0.4, -0.2) is 16.6 Å². The van der Waals surface area contributed by atoms with Crippen LogP contribution in [0.1, 0.15) is 5.56 Å². The second kappa shape index (κ2) is 6.59. The van der Waals surface area contributed by atoms with Gasteiger partial charge in [-0.25, -0.2) is 4.98 Å². The fourth-order valence-corrected chi connectivity index (χ4v) is 2.79. The molecule has 1 heterocycles. The van der Waals surface area contributed by atoms with Gasteiger partial charge in [0.25, 0.3) is 0 Å². The fourth-order valence-electron chi connectivity index (χ4n) is 2.79. The maximum atomic E-state index is 6.03. The lowest BCUT2D eigenvalue weighted by Crippen LogP contribution is -2.02. The second-order valence-corrected chi connectivity index (χ2v) is 5.68. The molecule has 3 aromatic carbocycles. The molecular weight excluding hydrogens is 296 g/mol. The van der Waals surface area contributed by atoms with Gasteiger partial charge in [0.15, 0.2) is 0 Å². The van der Waals surface area contributed by atoms with Crippen LogP contribution >= 0.6 is 0 Å². The van der Waals surface area contributed by atoms with Crippen LogP contribution in [-0.2, 0) is 6.42 Å². The highest BCUT2D eigenvalue weighted by molar-refractivity contribution is 5.80. The van der Waals surface area contributed by atoms with E-state index in [1.54, 1.807) is 0 Å². The van der Waals surface area contributed by atoms with E-state index in [4.69, 9.17) is 4.74 Å². The first-order chi connectivity index (χ1) is 11.9. The van der Waals surface area contributed by atoms with Gasteiger partial charge in [-0.1, -0.05) is 54.6 Å². The fraction of sp³-hybridized carbons (Fsp3) is 0.0952. The maximum Gasteiger partial charge on any atom is 0.142 e. The van der Waals surface area contributed by atoms with Crippen molar-refractivity contribution in [2.24, 2.45) is 0 Å². The second-order valence-electron chi connectivity index (χ2n) is 5.68. The number of fused-ring (bicyclic) bond motifs is 1. The normalized spacial score (nSPS) is 10.8. The Morgan fingerprint density at radius 1 is 0.792 bits per heavy atom. The zero-order valence-electron chi connectivity index (χ0n) is 13.3. The van der Waals surface area contributed by atoms with Crippen LogP contribution < -0.4 is 4.74 Å². The molecule has 1 N–H and O–H groups in total. The molecule has 1 aromatic heterocycles. The highest BCUT2D eigenvalue weighted by atomic mass is 16.5. The van der Waals surface area contributed by atoms with Gasteiger partial charge in [-0.15, -0.1) is 0 Å². The van der Waals surface area contributed by atoms with Crippen molar-refractivity contribution >= 4 is 11.0 Å². The molecule has 3 nitrogen and oxygen atoms in total. The zero-order valence-corrected chi connectivity index (χ0v) is 13.3. The average Bonchev–Trinajstić information content (AvgIpc) is 3.07. The summed E-state index contributed by atoms with van der Waals surface area (Å²) in [6, 6.07) is 26.4. The monoisotopic (exact) mass is 314 g/mol. The van der Waals surface area contributed by atoms with E-state index in [-0.39, 0.29) is 0 Å². The van der Waals surface area contributed by atoms with Crippen LogP contribution in [0.25, 0.3) is 22.4 Å². The molecule has 0 bridgehead atoms. The molecule has 0 aliphatic carbocycles. The highest BCUT2D eigenvalue weighted by Gasteiger charge is 2.10. The molecule has 0 unspecified atom stereocenters. The Morgan fingerprint density at radius 2 is 1.54 bits per heavy atom. The minimum atomic E-state index is 0.640. The molecule has 4 rings (SSSR count). The number of hydrogen-bond donors (Lipinski definition) is 1. The minimum Gasteiger partial charge on any atom is -0.492 e. The molecule has 4 aromatic rings. The molecule has 0 saturated carbocycles. The van der Waals surface area contributed by atoms with Gasteiger partial charge in [0, 0.05) is 6.42 Å². The Morgan fingerprint density at radius 3 is 2.42 bits per heavy atom.